The standard InChI is InChI=1S/C13H15N3O4S/c1-16(21(19,20)11-8-14-15-9-11)7-6-10-4-2-3-5-12(10)13(17)18/h2-5,8-9H,6-7H2,1H3,(H,14,15)(H,17,18). The minimum atomic E-state index is -3.61. The molecule has 1 aromatic carbocycles. The van der Waals surface area contributed by atoms with Crippen LogP contribution in [-0.2, 0) is 16.4 Å². The van der Waals surface area contributed by atoms with E-state index in [0.29, 0.717) is 12.0 Å². The highest BCUT2D eigenvalue weighted by Crippen LogP contribution is 2.14. The normalized spacial score (nSPS) is 11.7. The molecule has 0 radical (unpaired) electrons. The number of carboxylic acid groups (broad SMARTS) is 1. The third kappa shape index (κ3) is 3.29. The van der Waals surface area contributed by atoms with Crippen LogP contribution in [0.1, 0.15) is 15.9 Å². The van der Waals surface area contributed by atoms with Gasteiger partial charge in [0, 0.05) is 19.8 Å². The van der Waals surface area contributed by atoms with Crippen LogP contribution in [0.25, 0.3) is 0 Å². The first-order valence-electron chi connectivity index (χ1n) is 6.19. The molecule has 0 unspecified atom stereocenters. The summed E-state index contributed by atoms with van der Waals surface area (Å²) in [5.41, 5.74) is 0.783. The fourth-order valence-corrected chi connectivity index (χ4v) is 2.98. The van der Waals surface area contributed by atoms with E-state index >= 15 is 0 Å². The Morgan fingerprint density at radius 3 is 2.71 bits per heavy atom. The Labute approximate surface area is 122 Å². The number of aromatic carboxylic acids is 1. The van der Waals surface area contributed by atoms with E-state index in [1.807, 2.05) is 0 Å². The molecule has 8 heteroatoms. The van der Waals surface area contributed by atoms with Gasteiger partial charge in [-0.3, -0.25) is 5.10 Å². The van der Waals surface area contributed by atoms with Crippen molar-refractivity contribution in [1.29, 1.82) is 0 Å². The van der Waals surface area contributed by atoms with Crippen LogP contribution < -0.4 is 0 Å². The lowest BCUT2D eigenvalue weighted by molar-refractivity contribution is 0.0695. The van der Waals surface area contributed by atoms with E-state index in [1.54, 1.807) is 18.2 Å². The van der Waals surface area contributed by atoms with Crippen molar-refractivity contribution >= 4 is 16.0 Å². The molecular formula is C13H15N3O4S. The molecule has 2 N–H and O–H groups in total. The molecule has 0 saturated carbocycles. The summed E-state index contributed by atoms with van der Waals surface area (Å²) in [6, 6.07) is 6.55. The number of aromatic nitrogens is 2. The SMILES string of the molecule is CN(CCc1ccccc1C(=O)O)S(=O)(=O)c1cn[nH]c1. The van der Waals surface area contributed by atoms with Gasteiger partial charge in [-0.05, 0) is 18.1 Å². The van der Waals surface area contributed by atoms with Gasteiger partial charge in [-0.2, -0.15) is 5.10 Å². The van der Waals surface area contributed by atoms with E-state index in [4.69, 9.17) is 5.11 Å². The zero-order valence-electron chi connectivity index (χ0n) is 11.4. The summed E-state index contributed by atoms with van der Waals surface area (Å²) in [5, 5.41) is 15.2. The minimum absolute atomic E-state index is 0.0801. The van der Waals surface area contributed by atoms with Gasteiger partial charge in [0.05, 0.1) is 11.8 Å². The van der Waals surface area contributed by atoms with E-state index in [2.05, 4.69) is 10.2 Å². The van der Waals surface area contributed by atoms with Gasteiger partial charge >= 0.3 is 5.97 Å². The van der Waals surface area contributed by atoms with Crippen molar-refractivity contribution in [1.82, 2.24) is 14.5 Å². The van der Waals surface area contributed by atoms with Crippen LogP contribution in [0.4, 0.5) is 0 Å². The third-order valence-electron chi connectivity index (χ3n) is 3.13. The first kappa shape index (κ1) is 15.2. The Hall–Kier alpha value is -2.19. The Morgan fingerprint density at radius 2 is 2.10 bits per heavy atom. The number of nitrogens with one attached hydrogen (secondary N) is 1. The maximum absolute atomic E-state index is 12.2. The molecule has 0 fully saturated rings. The van der Waals surface area contributed by atoms with Gasteiger partial charge in [0.1, 0.15) is 4.90 Å². The molecule has 1 aromatic heterocycles. The molecule has 0 aliphatic carbocycles. The largest absolute Gasteiger partial charge is 0.478 e. The number of nitrogens with zero attached hydrogens (tertiary/aromatic N) is 2. The minimum Gasteiger partial charge on any atom is -0.478 e. The highest BCUT2D eigenvalue weighted by atomic mass is 32.2. The molecular weight excluding hydrogens is 294 g/mol. The molecule has 0 spiro atoms. The lowest BCUT2D eigenvalue weighted by Crippen LogP contribution is -2.29. The molecule has 112 valence electrons. The number of benzene rings is 1. The highest BCUT2D eigenvalue weighted by molar-refractivity contribution is 7.89. The number of H-pyrrole nitrogens is 1. The van der Waals surface area contributed by atoms with Crippen molar-refractivity contribution in [2.75, 3.05) is 13.6 Å². The second-order valence-electron chi connectivity index (χ2n) is 4.47. The van der Waals surface area contributed by atoms with Gasteiger partial charge in [0.15, 0.2) is 0 Å². The first-order valence-corrected chi connectivity index (χ1v) is 7.63. The van der Waals surface area contributed by atoms with E-state index in [9.17, 15) is 13.2 Å². The van der Waals surface area contributed by atoms with Crippen LogP contribution in [0, 0.1) is 0 Å². The fourth-order valence-electron chi connectivity index (χ4n) is 1.91. The number of rotatable bonds is 6. The quantitative estimate of drug-likeness (QED) is 0.827. The van der Waals surface area contributed by atoms with Crippen molar-refractivity contribution in [3.8, 4) is 0 Å². The number of aromatic amines is 1. The predicted octanol–water partition coefficient (Wildman–Crippen LogP) is 0.971. The number of hydrogen-bond acceptors (Lipinski definition) is 4. The molecule has 0 saturated heterocycles. The van der Waals surface area contributed by atoms with Crippen LogP contribution in [0.3, 0.4) is 0 Å². The lowest BCUT2D eigenvalue weighted by Gasteiger charge is -2.16. The monoisotopic (exact) mass is 309 g/mol. The second kappa shape index (κ2) is 6.06. The number of likely N-dealkylation sites (N-methyl/N-ethyl adjacent to an activating group) is 1. The fraction of sp³-hybridized carbons (Fsp3) is 0.231. The molecule has 7 nitrogen and oxygen atoms in total. The van der Waals surface area contributed by atoms with Crippen molar-refractivity contribution in [3.05, 3.63) is 47.8 Å². The Morgan fingerprint density at radius 1 is 1.38 bits per heavy atom. The third-order valence-corrected chi connectivity index (χ3v) is 4.95. The Balaban J connectivity index is 2.12. The van der Waals surface area contributed by atoms with E-state index in [1.165, 1.54) is 29.8 Å². The number of hydrogen-bond donors (Lipinski definition) is 2. The van der Waals surface area contributed by atoms with Crippen LogP contribution in [-0.4, -0.2) is 47.6 Å². The number of carbonyl (C=O) groups is 1. The lowest BCUT2D eigenvalue weighted by atomic mass is 10.1. The number of carboxylic acids is 1. The van der Waals surface area contributed by atoms with Crippen LogP contribution in [0.2, 0.25) is 0 Å². The molecule has 1 heterocycles. The molecule has 0 bridgehead atoms. The molecule has 21 heavy (non-hydrogen) atoms. The summed E-state index contributed by atoms with van der Waals surface area (Å²) < 4.78 is 25.5. The second-order valence-corrected chi connectivity index (χ2v) is 6.52. The van der Waals surface area contributed by atoms with E-state index in [-0.39, 0.29) is 17.0 Å². The van der Waals surface area contributed by atoms with Gasteiger partial charge in [-0.15, -0.1) is 0 Å². The topological polar surface area (TPSA) is 103 Å². The van der Waals surface area contributed by atoms with Crippen molar-refractivity contribution in [3.63, 3.8) is 0 Å². The van der Waals surface area contributed by atoms with Crippen molar-refractivity contribution in [2.45, 2.75) is 11.3 Å². The predicted molar refractivity (Wildman–Crippen MR) is 75.5 cm³/mol. The zero-order chi connectivity index (χ0) is 15.5. The van der Waals surface area contributed by atoms with Crippen LogP contribution in [0.15, 0.2) is 41.6 Å². The maximum Gasteiger partial charge on any atom is 0.335 e. The summed E-state index contributed by atoms with van der Waals surface area (Å²) in [6.07, 6.45) is 2.85. The van der Waals surface area contributed by atoms with Gasteiger partial charge in [-0.25, -0.2) is 17.5 Å². The van der Waals surface area contributed by atoms with E-state index < -0.39 is 16.0 Å². The van der Waals surface area contributed by atoms with Crippen molar-refractivity contribution in [2.24, 2.45) is 0 Å². The van der Waals surface area contributed by atoms with Crippen LogP contribution >= 0.6 is 0 Å². The molecule has 2 rings (SSSR count). The first-order chi connectivity index (χ1) is 9.93. The average Bonchev–Trinajstić information content (AvgIpc) is 2.99. The van der Waals surface area contributed by atoms with Gasteiger partial charge in [-0.1, -0.05) is 18.2 Å². The summed E-state index contributed by atoms with van der Waals surface area (Å²) in [7, 11) is -2.16. The molecule has 0 aliphatic rings. The zero-order valence-corrected chi connectivity index (χ0v) is 12.2. The summed E-state index contributed by atoms with van der Waals surface area (Å²) in [5.74, 6) is -1.02. The van der Waals surface area contributed by atoms with Gasteiger partial charge < -0.3 is 5.11 Å². The maximum atomic E-state index is 12.2. The smallest absolute Gasteiger partial charge is 0.335 e. The highest BCUT2D eigenvalue weighted by Gasteiger charge is 2.22. The molecule has 0 atom stereocenters. The Bertz CT molecular complexity index is 726. The average molecular weight is 309 g/mol. The van der Waals surface area contributed by atoms with Gasteiger partial charge in [0.25, 0.3) is 0 Å². The molecule has 0 aliphatic heterocycles. The van der Waals surface area contributed by atoms with E-state index in [0.717, 1.165) is 0 Å². The summed E-state index contributed by atoms with van der Waals surface area (Å²) in [4.78, 5) is 11.2. The summed E-state index contributed by atoms with van der Waals surface area (Å²) >= 11 is 0. The van der Waals surface area contributed by atoms with Crippen LogP contribution in [0.5, 0.6) is 0 Å². The Kier molecular flexibility index (Phi) is 4.39. The number of sulfonamides is 1. The van der Waals surface area contributed by atoms with Gasteiger partial charge in [0.2, 0.25) is 10.0 Å². The summed E-state index contributed by atoms with van der Waals surface area (Å²) in [6.45, 7) is 0.178. The molecule has 2 aromatic rings. The molecule has 0 amide bonds. The van der Waals surface area contributed by atoms with Crippen molar-refractivity contribution < 1.29 is 18.3 Å².